The van der Waals surface area contributed by atoms with Crippen LogP contribution >= 0.6 is 0 Å². The Balaban J connectivity index is 1.39. The Morgan fingerprint density at radius 1 is 1.00 bits per heavy atom. The number of tetrazole rings is 1. The molecule has 1 N–H and O–H groups in total. The van der Waals surface area contributed by atoms with E-state index in [1.165, 1.54) is 37.7 Å². The molecule has 2 heterocycles. The number of rotatable bonds is 7. The summed E-state index contributed by atoms with van der Waals surface area (Å²) in [5, 5.41) is 19.2. The molecule has 7 heteroatoms. The van der Waals surface area contributed by atoms with Crippen molar-refractivity contribution in [3.05, 3.63) is 65.7 Å². The normalized spacial score (nSPS) is 14.3. The summed E-state index contributed by atoms with van der Waals surface area (Å²) in [6, 6.07) is 16.7. The molecule has 7 nitrogen and oxygen atoms in total. The molecule has 0 unspecified atom stereocenters. The summed E-state index contributed by atoms with van der Waals surface area (Å²) < 4.78 is 2.02. The summed E-state index contributed by atoms with van der Waals surface area (Å²) in [5.74, 6) is 5.86. The van der Waals surface area contributed by atoms with Crippen molar-refractivity contribution in [1.82, 2.24) is 35.4 Å². The molecule has 0 bridgehead atoms. The Morgan fingerprint density at radius 3 is 2.52 bits per heavy atom. The van der Waals surface area contributed by atoms with Crippen LogP contribution < -0.4 is 0 Å². The molecular weight excluding hydrogens is 410 g/mol. The van der Waals surface area contributed by atoms with Crippen molar-refractivity contribution in [2.75, 3.05) is 0 Å². The zero-order chi connectivity index (χ0) is 22.5. The summed E-state index contributed by atoms with van der Waals surface area (Å²) >= 11 is 0. The number of terminal acetylenes is 1. The third kappa shape index (κ3) is 4.70. The Morgan fingerprint density at radius 2 is 1.79 bits per heavy atom. The monoisotopic (exact) mass is 437 g/mol. The van der Waals surface area contributed by atoms with Crippen molar-refractivity contribution in [2.45, 2.75) is 57.4 Å². The first-order valence-electron chi connectivity index (χ1n) is 11.6. The molecular formula is C26H27N7. The Hall–Kier alpha value is -3.79. The standard InChI is InChI=1S/C26H27N7/c1-2-3-17-33-24(27-25(30-33)21-9-5-4-6-10-21)18-19-13-15-20(16-14-19)22-11-7-8-12-23(22)26-28-31-32-29-26/h1,7-8,11-16,21H,3-6,9-10,17-18H2,(H,28,29,31,32). The summed E-state index contributed by atoms with van der Waals surface area (Å²) in [7, 11) is 0. The van der Waals surface area contributed by atoms with E-state index < -0.39 is 0 Å². The van der Waals surface area contributed by atoms with Crippen molar-refractivity contribution < 1.29 is 0 Å². The lowest BCUT2D eigenvalue weighted by Gasteiger charge is -2.18. The van der Waals surface area contributed by atoms with E-state index in [0.29, 0.717) is 24.7 Å². The lowest BCUT2D eigenvalue weighted by atomic mass is 9.89. The van der Waals surface area contributed by atoms with Crippen molar-refractivity contribution >= 4 is 0 Å². The fourth-order valence-corrected chi connectivity index (χ4v) is 4.61. The first kappa shape index (κ1) is 21.1. The number of nitrogens with one attached hydrogen (secondary N) is 1. The van der Waals surface area contributed by atoms with Crippen LogP contribution in [0.5, 0.6) is 0 Å². The first-order chi connectivity index (χ1) is 16.3. The van der Waals surface area contributed by atoms with Crippen LogP contribution in [0.25, 0.3) is 22.5 Å². The Bertz CT molecular complexity index is 1230. The summed E-state index contributed by atoms with van der Waals surface area (Å²) in [6.07, 6.45) is 13.2. The van der Waals surface area contributed by atoms with Crippen LogP contribution in [0.15, 0.2) is 48.5 Å². The number of hydrogen-bond donors (Lipinski definition) is 1. The molecule has 0 radical (unpaired) electrons. The van der Waals surface area contributed by atoms with Crippen LogP contribution in [0.4, 0.5) is 0 Å². The fraction of sp³-hybridized carbons (Fsp3) is 0.346. The molecule has 0 aliphatic heterocycles. The highest BCUT2D eigenvalue weighted by atomic mass is 15.5. The summed E-state index contributed by atoms with van der Waals surface area (Å²) in [5.41, 5.74) is 4.37. The average Bonchev–Trinajstić information content (AvgIpc) is 3.54. The number of aryl methyl sites for hydroxylation is 1. The largest absolute Gasteiger partial charge is 0.248 e. The molecule has 4 aromatic rings. The minimum Gasteiger partial charge on any atom is -0.248 e. The number of H-pyrrole nitrogens is 1. The lowest BCUT2D eigenvalue weighted by molar-refractivity contribution is 0.426. The van der Waals surface area contributed by atoms with E-state index in [1.54, 1.807) is 0 Å². The van der Waals surface area contributed by atoms with Gasteiger partial charge in [-0.05, 0) is 40.0 Å². The number of nitrogens with zero attached hydrogens (tertiary/aromatic N) is 6. The van der Waals surface area contributed by atoms with Crippen molar-refractivity contribution in [3.63, 3.8) is 0 Å². The van der Waals surface area contributed by atoms with Gasteiger partial charge in [-0.25, -0.2) is 14.8 Å². The van der Waals surface area contributed by atoms with Crippen LogP contribution in [0.3, 0.4) is 0 Å². The zero-order valence-corrected chi connectivity index (χ0v) is 18.6. The molecule has 166 valence electrons. The molecule has 33 heavy (non-hydrogen) atoms. The van der Waals surface area contributed by atoms with E-state index >= 15 is 0 Å². The first-order valence-corrected chi connectivity index (χ1v) is 11.6. The minimum atomic E-state index is 0.481. The van der Waals surface area contributed by atoms with Gasteiger partial charge >= 0.3 is 0 Å². The van der Waals surface area contributed by atoms with Gasteiger partial charge in [-0.1, -0.05) is 67.8 Å². The topological polar surface area (TPSA) is 85.2 Å². The quantitative estimate of drug-likeness (QED) is 0.420. The Labute approximate surface area is 193 Å². The smallest absolute Gasteiger partial charge is 0.180 e. The van der Waals surface area contributed by atoms with Crippen LogP contribution in [0.1, 0.15) is 61.7 Å². The predicted octanol–water partition coefficient (Wildman–Crippen LogP) is 4.79. The van der Waals surface area contributed by atoms with Crippen LogP contribution in [-0.4, -0.2) is 35.4 Å². The fourth-order valence-electron chi connectivity index (χ4n) is 4.61. The van der Waals surface area contributed by atoms with Gasteiger partial charge in [0, 0.05) is 24.3 Å². The van der Waals surface area contributed by atoms with Gasteiger partial charge < -0.3 is 0 Å². The minimum absolute atomic E-state index is 0.481. The maximum absolute atomic E-state index is 5.52. The molecule has 2 aromatic heterocycles. The van der Waals surface area contributed by atoms with E-state index in [4.69, 9.17) is 16.5 Å². The molecule has 0 saturated heterocycles. The molecule has 2 aromatic carbocycles. The Kier molecular flexibility index (Phi) is 6.25. The second-order valence-corrected chi connectivity index (χ2v) is 8.57. The number of aromatic amines is 1. The number of hydrogen-bond acceptors (Lipinski definition) is 5. The maximum atomic E-state index is 5.52. The van der Waals surface area contributed by atoms with E-state index in [0.717, 1.165) is 34.8 Å². The molecule has 1 aliphatic carbocycles. The van der Waals surface area contributed by atoms with Crippen LogP contribution in [-0.2, 0) is 13.0 Å². The van der Waals surface area contributed by atoms with Crippen molar-refractivity contribution in [3.8, 4) is 34.9 Å². The van der Waals surface area contributed by atoms with Crippen molar-refractivity contribution in [1.29, 1.82) is 0 Å². The van der Waals surface area contributed by atoms with Gasteiger partial charge in [0.15, 0.2) is 11.6 Å². The average molecular weight is 438 g/mol. The van der Waals surface area contributed by atoms with Gasteiger partial charge in [-0.2, -0.15) is 5.10 Å². The molecule has 0 spiro atoms. The predicted molar refractivity (Wildman–Crippen MR) is 127 cm³/mol. The van der Waals surface area contributed by atoms with E-state index in [2.05, 4.69) is 56.9 Å². The van der Waals surface area contributed by atoms with E-state index in [9.17, 15) is 0 Å². The van der Waals surface area contributed by atoms with Gasteiger partial charge in [-0.15, -0.1) is 17.4 Å². The van der Waals surface area contributed by atoms with Crippen LogP contribution in [0, 0.1) is 12.3 Å². The zero-order valence-electron chi connectivity index (χ0n) is 18.6. The van der Waals surface area contributed by atoms with Gasteiger partial charge in [0.25, 0.3) is 0 Å². The van der Waals surface area contributed by atoms with Gasteiger partial charge in [0.1, 0.15) is 5.82 Å². The molecule has 5 rings (SSSR count). The second kappa shape index (κ2) is 9.78. The summed E-state index contributed by atoms with van der Waals surface area (Å²) in [6.45, 7) is 0.711. The van der Waals surface area contributed by atoms with Crippen LogP contribution in [0.2, 0.25) is 0 Å². The van der Waals surface area contributed by atoms with E-state index in [1.807, 2.05) is 22.9 Å². The molecule has 1 fully saturated rings. The van der Waals surface area contributed by atoms with Gasteiger partial charge in [0.05, 0.1) is 6.54 Å². The van der Waals surface area contributed by atoms with Gasteiger partial charge in [0.2, 0.25) is 0 Å². The highest BCUT2D eigenvalue weighted by Gasteiger charge is 2.21. The lowest BCUT2D eigenvalue weighted by Crippen LogP contribution is -2.08. The number of benzene rings is 2. The third-order valence-corrected chi connectivity index (χ3v) is 6.36. The van der Waals surface area contributed by atoms with Gasteiger partial charge in [-0.3, -0.25) is 0 Å². The highest BCUT2D eigenvalue weighted by molar-refractivity contribution is 5.80. The SMILES string of the molecule is C#CCCn1nc(C2CCCCC2)nc1Cc1ccc(-c2ccccc2-c2nnn[nH]2)cc1. The van der Waals surface area contributed by atoms with Crippen molar-refractivity contribution in [2.24, 2.45) is 0 Å². The second-order valence-electron chi connectivity index (χ2n) is 8.57. The number of aromatic nitrogens is 7. The maximum Gasteiger partial charge on any atom is 0.180 e. The highest BCUT2D eigenvalue weighted by Crippen LogP contribution is 2.32. The van der Waals surface area contributed by atoms with E-state index in [-0.39, 0.29) is 0 Å². The molecule has 0 atom stereocenters. The molecule has 0 amide bonds. The molecule has 1 saturated carbocycles. The third-order valence-electron chi connectivity index (χ3n) is 6.36. The summed E-state index contributed by atoms with van der Waals surface area (Å²) in [4.78, 5) is 4.97. The molecule has 1 aliphatic rings.